The van der Waals surface area contributed by atoms with E-state index in [1.807, 2.05) is 13.8 Å². The summed E-state index contributed by atoms with van der Waals surface area (Å²) in [6.07, 6.45) is 5.09. The molecule has 2 aromatic carbocycles. The first kappa shape index (κ1) is 46.3. The van der Waals surface area contributed by atoms with E-state index in [0.717, 1.165) is 18.1 Å². The van der Waals surface area contributed by atoms with Gasteiger partial charge in [-0.1, -0.05) is 39.8 Å². The lowest BCUT2D eigenvalue weighted by Crippen LogP contribution is -2.53. The summed E-state index contributed by atoms with van der Waals surface area (Å²) in [5.74, 6) is -5.33. The maximum Gasteiger partial charge on any atom is 0.330 e. The molecule has 1 saturated heterocycles. The van der Waals surface area contributed by atoms with Crippen LogP contribution in [-0.2, 0) is 39.9 Å². The summed E-state index contributed by atoms with van der Waals surface area (Å²) in [7, 11) is 2.98. The van der Waals surface area contributed by atoms with Crippen molar-refractivity contribution < 1.29 is 56.4 Å². The number of nitrogens with zero attached hydrogens (tertiary/aromatic N) is 1. The molecular formula is C42H57F2NO10. The molecule has 3 rings (SSSR count). The van der Waals surface area contributed by atoms with Crippen LogP contribution < -0.4 is 14.2 Å². The lowest BCUT2D eigenvalue weighted by molar-refractivity contribution is -0.165. The fraction of sp³-hybridized carbons (Fsp3) is 0.548. The molecule has 0 N–H and O–H groups in total. The lowest BCUT2D eigenvalue weighted by atomic mass is 9.87. The van der Waals surface area contributed by atoms with Crippen molar-refractivity contribution in [1.29, 1.82) is 0 Å². The Bertz CT molecular complexity index is 1650. The number of ether oxygens (including phenoxy) is 5. The van der Waals surface area contributed by atoms with E-state index in [9.17, 15) is 32.8 Å². The second-order valence-corrected chi connectivity index (χ2v) is 14.2. The smallest absolute Gasteiger partial charge is 0.330 e. The first-order chi connectivity index (χ1) is 26.1. The monoisotopic (exact) mass is 773 g/mol. The van der Waals surface area contributed by atoms with Gasteiger partial charge in [0, 0.05) is 12.6 Å². The number of rotatable bonds is 19. The second-order valence-electron chi connectivity index (χ2n) is 14.2. The summed E-state index contributed by atoms with van der Waals surface area (Å²) in [6.45, 7) is 11.6. The molecule has 1 aliphatic rings. The molecule has 0 radical (unpaired) electrons. The van der Waals surface area contributed by atoms with Crippen LogP contribution >= 0.6 is 0 Å². The number of esters is 2. The standard InChI is InChI=1S/C40H51F2NO10.C2H6/c1-25(2)12-8-9-14-35(45)52-24-40(4,5)37(46)38(47)43-19-11-10-13-30(43)39(48)53-31(17-15-27-16-18-32(49-6)33(20-27)50-7)28-21-29(41)36(42)34(22-28)51-23-26(3)44;1-2/h9,14,16,18,20-22,25,30-31H,8,10-13,15,17,19,23-24H2,1-7H3;1-2H3/b14-9-;/t30-,31+;/m0./s1. The molecule has 55 heavy (non-hydrogen) atoms. The predicted octanol–water partition coefficient (Wildman–Crippen LogP) is 7.71. The Morgan fingerprint density at radius 1 is 0.945 bits per heavy atom. The molecule has 0 spiro atoms. The highest BCUT2D eigenvalue weighted by Gasteiger charge is 2.42. The molecule has 0 aromatic heterocycles. The summed E-state index contributed by atoms with van der Waals surface area (Å²) in [4.78, 5) is 66.1. The number of amides is 1. The van der Waals surface area contributed by atoms with Crippen LogP contribution in [0.4, 0.5) is 8.78 Å². The third kappa shape index (κ3) is 14.1. The minimum absolute atomic E-state index is 0.0576. The quantitative estimate of drug-likeness (QED) is 0.0794. The van der Waals surface area contributed by atoms with Crippen molar-refractivity contribution in [3.63, 3.8) is 0 Å². The number of likely N-dealkylation sites (tertiary alicyclic amines) is 1. The lowest BCUT2D eigenvalue weighted by Gasteiger charge is -2.36. The summed E-state index contributed by atoms with van der Waals surface area (Å²) >= 11 is 0. The van der Waals surface area contributed by atoms with Crippen LogP contribution in [0.25, 0.3) is 0 Å². The van der Waals surface area contributed by atoms with Crippen molar-refractivity contribution in [2.24, 2.45) is 11.3 Å². The molecule has 0 saturated carbocycles. The molecule has 1 heterocycles. The molecule has 0 bridgehead atoms. The van der Waals surface area contributed by atoms with E-state index in [4.69, 9.17) is 23.7 Å². The highest BCUT2D eigenvalue weighted by atomic mass is 19.2. The minimum Gasteiger partial charge on any atom is -0.493 e. The Hall–Kier alpha value is -4.81. The first-order valence-electron chi connectivity index (χ1n) is 18.8. The van der Waals surface area contributed by atoms with Crippen molar-refractivity contribution in [3.8, 4) is 17.2 Å². The van der Waals surface area contributed by atoms with Crippen molar-refractivity contribution in [3.05, 3.63) is 65.2 Å². The van der Waals surface area contributed by atoms with Gasteiger partial charge < -0.3 is 28.6 Å². The molecule has 304 valence electrons. The molecule has 2 aromatic rings. The number of allylic oxidation sites excluding steroid dienone is 1. The Kier molecular flexibility index (Phi) is 19.0. The Balaban J connectivity index is 0.00000514. The number of halogens is 2. The van der Waals surface area contributed by atoms with Gasteiger partial charge in [-0.15, -0.1) is 0 Å². The van der Waals surface area contributed by atoms with E-state index < -0.39 is 71.0 Å². The van der Waals surface area contributed by atoms with Gasteiger partial charge in [0.05, 0.1) is 19.6 Å². The predicted molar refractivity (Wildman–Crippen MR) is 203 cm³/mol. The van der Waals surface area contributed by atoms with Gasteiger partial charge in [0.1, 0.15) is 25.4 Å². The van der Waals surface area contributed by atoms with Gasteiger partial charge >= 0.3 is 11.9 Å². The summed E-state index contributed by atoms with van der Waals surface area (Å²) in [5.41, 5.74) is -0.579. The normalized spacial score (nSPS) is 14.8. The molecule has 1 fully saturated rings. The van der Waals surface area contributed by atoms with Crippen LogP contribution in [0.2, 0.25) is 0 Å². The van der Waals surface area contributed by atoms with Gasteiger partial charge in [-0.3, -0.25) is 14.4 Å². The minimum atomic E-state index is -1.39. The van der Waals surface area contributed by atoms with E-state index in [2.05, 4.69) is 13.8 Å². The number of methoxy groups -OCH3 is 2. The summed E-state index contributed by atoms with van der Waals surface area (Å²) in [5, 5.41) is 0. The Labute approximate surface area is 323 Å². The highest BCUT2D eigenvalue weighted by Crippen LogP contribution is 2.34. The Morgan fingerprint density at radius 2 is 1.64 bits per heavy atom. The summed E-state index contributed by atoms with van der Waals surface area (Å²) < 4.78 is 56.8. The van der Waals surface area contributed by atoms with E-state index in [1.54, 1.807) is 24.3 Å². The molecule has 13 heteroatoms. The molecular weight excluding hydrogens is 716 g/mol. The molecule has 0 unspecified atom stereocenters. The number of carbonyl (C=O) groups excluding carboxylic acids is 5. The van der Waals surface area contributed by atoms with Gasteiger partial charge in [-0.2, -0.15) is 4.39 Å². The number of Topliss-reactive ketones (excluding diaryl/α,β-unsaturated/α-hetero) is 2. The fourth-order valence-electron chi connectivity index (χ4n) is 5.71. The van der Waals surface area contributed by atoms with Crippen molar-refractivity contribution in [2.75, 3.05) is 34.0 Å². The average molecular weight is 774 g/mol. The van der Waals surface area contributed by atoms with Crippen LogP contribution in [-0.4, -0.2) is 74.3 Å². The van der Waals surface area contributed by atoms with Gasteiger partial charge in [-0.05, 0) is 107 Å². The van der Waals surface area contributed by atoms with Crippen LogP contribution in [0, 0.1) is 23.0 Å². The van der Waals surface area contributed by atoms with Crippen molar-refractivity contribution in [1.82, 2.24) is 4.90 Å². The van der Waals surface area contributed by atoms with Crippen molar-refractivity contribution >= 4 is 29.4 Å². The number of benzene rings is 2. The zero-order chi connectivity index (χ0) is 41.3. The zero-order valence-electron chi connectivity index (χ0n) is 33.6. The van der Waals surface area contributed by atoms with Crippen LogP contribution in [0.5, 0.6) is 17.2 Å². The SMILES string of the molecule is CC.COc1ccc(CC[C@@H](OC(=O)[C@@H]2CCCCN2C(=O)C(=O)C(C)(C)COC(=O)/C=C\CCC(C)C)c2cc(F)c(F)c(OCC(C)=O)c2)cc1OC. The van der Waals surface area contributed by atoms with Gasteiger partial charge in [0.25, 0.3) is 5.91 Å². The first-order valence-corrected chi connectivity index (χ1v) is 18.8. The Morgan fingerprint density at radius 3 is 2.27 bits per heavy atom. The molecule has 11 nitrogen and oxygen atoms in total. The van der Waals surface area contributed by atoms with Gasteiger partial charge in [0.2, 0.25) is 11.6 Å². The number of piperidine rings is 1. The maximum atomic E-state index is 14.9. The van der Waals surface area contributed by atoms with Crippen LogP contribution in [0.1, 0.15) is 104 Å². The average Bonchev–Trinajstić information content (AvgIpc) is 3.17. The maximum absolute atomic E-state index is 14.9. The number of carbonyl (C=O) groups is 5. The zero-order valence-corrected chi connectivity index (χ0v) is 33.6. The number of hydrogen-bond acceptors (Lipinski definition) is 10. The molecule has 1 amide bonds. The molecule has 2 atom stereocenters. The van der Waals surface area contributed by atoms with Crippen LogP contribution in [0.15, 0.2) is 42.5 Å². The van der Waals surface area contributed by atoms with Crippen LogP contribution in [0.3, 0.4) is 0 Å². The molecule has 1 aliphatic heterocycles. The van der Waals surface area contributed by atoms with E-state index in [1.165, 1.54) is 52.0 Å². The molecule has 0 aliphatic carbocycles. The third-order valence-corrected chi connectivity index (χ3v) is 8.81. The summed E-state index contributed by atoms with van der Waals surface area (Å²) in [6, 6.07) is 6.13. The van der Waals surface area contributed by atoms with Crippen molar-refractivity contribution in [2.45, 2.75) is 106 Å². The number of hydrogen-bond donors (Lipinski definition) is 0. The second kappa shape index (κ2) is 22.5. The van der Waals surface area contributed by atoms with E-state index >= 15 is 0 Å². The largest absolute Gasteiger partial charge is 0.493 e. The van der Waals surface area contributed by atoms with E-state index in [0.29, 0.717) is 36.7 Å². The van der Waals surface area contributed by atoms with Gasteiger partial charge in [0.15, 0.2) is 28.8 Å². The van der Waals surface area contributed by atoms with Gasteiger partial charge in [-0.25, -0.2) is 14.0 Å². The topological polar surface area (TPSA) is 135 Å². The fourth-order valence-corrected chi connectivity index (χ4v) is 5.71. The number of aryl methyl sites for hydroxylation is 1. The third-order valence-electron chi connectivity index (χ3n) is 8.81. The highest BCUT2D eigenvalue weighted by molar-refractivity contribution is 6.38. The van der Waals surface area contributed by atoms with E-state index in [-0.39, 0.29) is 38.0 Å². The number of ketones is 2.